The minimum Gasteiger partial charge on any atom is -0.455 e. The SMILES string of the molecule is c1ccc(-c2ccc(N(c3ccccc3)c3ccc(-c4c5ccccc5cc5c4oc4cccc(-c6nc(-c7ccccc7)nc(-c7ccccc7)n6)c45)cc3)cc2)cc1. The van der Waals surface area contributed by atoms with Gasteiger partial charge >= 0.3 is 0 Å². The van der Waals surface area contributed by atoms with Crippen molar-refractivity contribution in [3.05, 3.63) is 218 Å². The van der Waals surface area contributed by atoms with E-state index in [1.54, 1.807) is 0 Å². The Morgan fingerprint density at radius 1 is 0.350 bits per heavy atom. The van der Waals surface area contributed by atoms with Gasteiger partial charge in [0.05, 0.1) is 0 Å². The zero-order valence-corrected chi connectivity index (χ0v) is 32.5. The Morgan fingerprint density at radius 3 is 1.45 bits per heavy atom. The van der Waals surface area contributed by atoms with E-state index in [0.717, 1.165) is 77.6 Å². The number of aromatic nitrogens is 3. The minimum absolute atomic E-state index is 0.591. The number of fused-ring (bicyclic) bond motifs is 4. The predicted octanol–water partition coefficient (Wildman–Crippen LogP) is 14.7. The first-order chi connectivity index (χ1) is 29.7. The third-order valence-electron chi connectivity index (χ3n) is 11.1. The lowest BCUT2D eigenvalue weighted by Crippen LogP contribution is -2.09. The van der Waals surface area contributed by atoms with Crippen LogP contribution >= 0.6 is 0 Å². The number of para-hydroxylation sites is 1. The summed E-state index contributed by atoms with van der Waals surface area (Å²) < 4.78 is 6.92. The second kappa shape index (κ2) is 15.0. The van der Waals surface area contributed by atoms with Crippen molar-refractivity contribution in [2.75, 3.05) is 4.90 Å². The molecule has 5 heteroatoms. The van der Waals surface area contributed by atoms with Crippen LogP contribution in [-0.2, 0) is 0 Å². The number of nitrogens with zero attached hydrogens (tertiary/aromatic N) is 4. The molecule has 0 saturated heterocycles. The summed E-state index contributed by atoms with van der Waals surface area (Å²) in [6.07, 6.45) is 0. The molecule has 0 aliphatic rings. The van der Waals surface area contributed by atoms with E-state index in [-0.39, 0.29) is 0 Å². The monoisotopic (exact) mass is 768 g/mol. The molecule has 11 aromatic rings. The first kappa shape index (κ1) is 35.0. The third-order valence-corrected chi connectivity index (χ3v) is 11.1. The number of anilines is 3. The molecule has 0 radical (unpaired) electrons. The largest absolute Gasteiger partial charge is 0.455 e. The standard InChI is InChI=1S/C55H36N4O/c1-5-16-37(17-6-1)38-28-32-44(33-29-38)59(43-23-11-4-12-24-43)45-34-30-39(31-35-45)50-46-25-14-13-22-42(46)36-48-51-47(26-15-27-49(51)60-52(48)50)55-57-53(40-18-7-2-8-19-40)56-54(58-55)41-20-9-3-10-21-41/h1-36H. The fourth-order valence-electron chi connectivity index (χ4n) is 8.26. The fraction of sp³-hybridized carbons (Fsp3) is 0. The van der Waals surface area contributed by atoms with Gasteiger partial charge in [0.2, 0.25) is 0 Å². The molecule has 0 aliphatic carbocycles. The second-order valence-electron chi connectivity index (χ2n) is 14.8. The lowest BCUT2D eigenvalue weighted by atomic mass is 9.94. The number of benzene rings is 9. The average molecular weight is 769 g/mol. The van der Waals surface area contributed by atoms with Gasteiger partial charge in [0.15, 0.2) is 17.5 Å². The summed E-state index contributed by atoms with van der Waals surface area (Å²) in [5, 5.41) is 4.21. The van der Waals surface area contributed by atoms with Gasteiger partial charge in [0, 0.05) is 50.1 Å². The Kier molecular flexibility index (Phi) is 8.75. The molecule has 0 unspecified atom stereocenters. The molecule has 5 nitrogen and oxygen atoms in total. The lowest BCUT2D eigenvalue weighted by molar-refractivity contribution is 0.670. The molecule has 0 bridgehead atoms. The van der Waals surface area contributed by atoms with Gasteiger partial charge in [-0.3, -0.25) is 0 Å². The highest BCUT2D eigenvalue weighted by Crippen LogP contribution is 2.45. The van der Waals surface area contributed by atoms with Crippen molar-refractivity contribution in [2.45, 2.75) is 0 Å². The van der Waals surface area contributed by atoms with E-state index < -0.39 is 0 Å². The maximum atomic E-state index is 6.92. The number of hydrogen-bond donors (Lipinski definition) is 0. The molecule has 0 atom stereocenters. The van der Waals surface area contributed by atoms with Crippen molar-refractivity contribution in [2.24, 2.45) is 0 Å². The first-order valence-corrected chi connectivity index (χ1v) is 20.1. The number of hydrogen-bond acceptors (Lipinski definition) is 5. The van der Waals surface area contributed by atoms with Crippen molar-refractivity contribution >= 4 is 49.8 Å². The van der Waals surface area contributed by atoms with Crippen LogP contribution < -0.4 is 4.90 Å². The minimum atomic E-state index is 0.591. The molecule has 2 heterocycles. The van der Waals surface area contributed by atoms with Crippen LogP contribution in [0.2, 0.25) is 0 Å². The quantitative estimate of drug-likeness (QED) is 0.154. The molecular weight excluding hydrogens is 733 g/mol. The number of rotatable bonds is 8. The van der Waals surface area contributed by atoms with Gasteiger partial charge < -0.3 is 9.32 Å². The fourth-order valence-corrected chi connectivity index (χ4v) is 8.26. The zero-order chi connectivity index (χ0) is 39.8. The summed E-state index contributed by atoms with van der Waals surface area (Å²) in [7, 11) is 0. The molecule has 0 saturated carbocycles. The predicted molar refractivity (Wildman–Crippen MR) is 246 cm³/mol. The molecule has 9 aromatic carbocycles. The normalized spacial score (nSPS) is 11.3. The molecule has 60 heavy (non-hydrogen) atoms. The van der Waals surface area contributed by atoms with Gasteiger partial charge in [-0.05, 0) is 76.0 Å². The molecule has 11 rings (SSSR count). The molecule has 0 N–H and O–H groups in total. The van der Waals surface area contributed by atoms with Crippen LogP contribution in [0.25, 0.3) is 89.1 Å². The van der Waals surface area contributed by atoms with Crippen LogP contribution in [0.5, 0.6) is 0 Å². The van der Waals surface area contributed by atoms with Crippen molar-refractivity contribution in [1.29, 1.82) is 0 Å². The summed E-state index contributed by atoms with van der Waals surface area (Å²) in [6.45, 7) is 0. The van der Waals surface area contributed by atoms with Gasteiger partial charge in [0.25, 0.3) is 0 Å². The Morgan fingerprint density at radius 2 is 0.833 bits per heavy atom. The Labute approximate surface area is 347 Å². The smallest absolute Gasteiger partial charge is 0.164 e. The first-order valence-electron chi connectivity index (χ1n) is 20.1. The lowest BCUT2D eigenvalue weighted by Gasteiger charge is -2.26. The highest BCUT2D eigenvalue weighted by molar-refractivity contribution is 6.21. The molecule has 2 aromatic heterocycles. The molecule has 0 spiro atoms. The van der Waals surface area contributed by atoms with Crippen LogP contribution in [0.15, 0.2) is 223 Å². The topological polar surface area (TPSA) is 55.1 Å². The van der Waals surface area contributed by atoms with Gasteiger partial charge in [-0.2, -0.15) is 0 Å². The average Bonchev–Trinajstić information content (AvgIpc) is 3.71. The molecule has 0 fully saturated rings. The van der Waals surface area contributed by atoms with E-state index in [1.165, 1.54) is 11.1 Å². The second-order valence-corrected chi connectivity index (χ2v) is 14.8. The summed E-state index contributed by atoms with van der Waals surface area (Å²) in [6, 6.07) is 75.7. The summed E-state index contributed by atoms with van der Waals surface area (Å²) in [5.41, 5.74) is 12.0. The van der Waals surface area contributed by atoms with E-state index in [4.69, 9.17) is 19.4 Å². The van der Waals surface area contributed by atoms with Crippen molar-refractivity contribution in [3.8, 4) is 56.4 Å². The van der Waals surface area contributed by atoms with Gasteiger partial charge in [-0.25, -0.2) is 15.0 Å². The van der Waals surface area contributed by atoms with E-state index in [2.05, 4.69) is 144 Å². The van der Waals surface area contributed by atoms with E-state index in [1.807, 2.05) is 78.9 Å². The third kappa shape index (κ3) is 6.35. The van der Waals surface area contributed by atoms with Crippen molar-refractivity contribution in [3.63, 3.8) is 0 Å². The Balaban J connectivity index is 1.06. The van der Waals surface area contributed by atoms with Crippen LogP contribution in [0, 0.1) is 0 Å². The molecule has 0 aliphatic heterocycles. The highest BCUT2D eigenvalue weighted by Gasteiger charge is 2.22. The van der Waals surface area contributed by atoms with Gasteiger partial charge in [-0.15, -0.1) is 0 Å². The van der Waals surface area contributed by atoms with E-state index >= 15 is 0 Å². The number of furan rings is 1. The zero-order valence-electron chi connectivity index (χ0n) is 32.5. The van der Waals surface area contributed by atoms with E-state index in [9.17, 15) is 0 Å². The van der Waals surface area contributed by atoms with Gasteiger partial charge in [0.1, 0.15) is 11.2 Å². The molecular formula is C55H36N4O. The summed E-state index contributed by atoms with van der Waals surface area (Å²) in [4.78, 5) is 17.5. The van der Waals surface area contributed by atoms with Crippen molar-refractivity contribution in [1.82, 2.24) is 15.0 Å². The van der Waals surface area contributed by atoms with E-state index in [0.29, 0.717) is 17.5 Å². The maximum Gasteiger partial charge on any atom is 0.164 e. The summed E-state index contributed by atoms with van der Waals surface area (Å²) in [5.74, 6) is 1.83. The summed E-state index contributed by atoms with van der Waals surface area (Å²) >= 11 is 0. The van der Waals surface area contributed by atoms with Gasteiger partial charge in [-0.1, -0.05) is 170 Å². The van der Waals surface area contributed by atoms with Crippen LogP contribution in [0.4, 0.5) is 17.1 Å². The molecule has 282 valence electrons. The maximum absolute atomic E-state index is 6.92. The van der Waals surface area contributed by atoms with Crippen LogP contribution in [0.3, 0.4) is 0 Å². The Hall–Kier alpha value is -8.15. The van der Waals surface area contributed by atoms with Crippen LogP contribution in [-0.4, -0.2) is 15.0 Å². The Bertz CT molecular complexity index is 3220. The van der Waals surface area contributed by atoms with Crippen molar-refractivity contribution < 1.29 is 4.42 Å². The van der Waals surface area contributed by atoms with Crippen LogP contribution in [0.1, 0.15) is 0 Å². The molecule has 0 amide bonds. The highest BCUT2D eigenvalue weighted by atomic mass is 16.3.